The van der Waals surface area contributed by atoms with E-state index in [-0.39, 0.29) is 22.6 Å². The summed E-state index contributed by atoms with van der Waals surface area (Å²) in [4.78, 5) is 7.08. The van der Waals surface area contributed by atoms with E-state index >= 15 is 0 Å². The third-order valence-corrected chi connectivity index (χ3v) is 1.70. The van der Waals surface area contributed by atoms with Crippen molar-refractivity contribution in [3.8, 4) is 0 Å². The van der Waals surface area contributed by atoms with Crippen molar-refractivity contribution in [2.45, 2.75) is 0 Å². The van der Waals surface area contributed by atoms with E-state index in [9.17, 15) is 4.39 Å². The molecule has 6 N–H and O–H groups in total. The molecule has 0 aliphatic carbocycles. The predicted molar refractivity (Wildman–Crippen MR) is 58.5 cm³/mol. The van der Waals surface area contributed by atoms with Crippen LogP contribution in [-0.2, 0) is 0 Å². The number of aliphatic imine (C=N–C) groups is 2. The van der Waals surface area contributed by atoms with Crippen LogP contribution in [0.25, 0.3) is 0 Å². The van der Waals surface area contributed by atoms with Gasteiger partial charge in [0.1, 0.15) is 5.69 Å². The standard InChI is InChI=1S/C8H9ClFN5/c9-4-2-1-3-5(6(4)10)14-8(13)15-7(11)12/h1-3H,(H6,11,12,13,14,15). The van der Waals surface area contributed by atoms with E-state index in [2.05, 4.69) is 9.98 Å². The summed E-state index contributed by atoms with van der Waals surface area (Å²) in [7, 11) is 0. The van der Waals surface area contributed by atoms with E-state index in [1.165, 1.54) is 18.2 Å². The van der Waals surface area contributed by atoms with Crippen LogP contribution in [0.2, 0.25) is 5.02 Å². The molecule has 0 atom stereocenters. The van der Waals surface area contributed by atoms with E-state index in [0.717, 1.165) is 0 Å². The van der Waals surface area contributed by atoms with E-state index in [1.54, 1.807) is 0 Å². The first-order chi connectivity index (χ1) is 7.00. The molecule has 7 heteroatoms. The molecule has 0 saturated carbocycles. The van der Waals surface area contributed by atoms with Gasteiger partial charge in [-0.15, -0.1) is 0 Å². The molecule has 0 fully saturated rings. The Morgan fingerprint density at radius 1 is 1.27 bits per heavy atom. The zero-order valence-corrected chi connectivity index (χ0v) is 8.37. The Morgan fingerprint density at radius 3 is 2.53 bits per heavy atom. The van der Waals surface area contributed by atoms with Gasteiger partial charge in [0.25, 0.3) is 0 Å². The lowest BCUT2D eigenvalue weighted by atomic mass is 10.3. The summed E-state index contributed by atoms with van der Waals surface area (Å²) in [5, 5.41) is -0.0475. The maximum Gasteiger partial charge on any atom is 0.223 e. The zero-order chi connectivity index (χ0) is 11.4. The van der Waals surface area contributed by atoms with Crippen molar-refractivity contribution in [1.29, 1.82) is 0 Å². The van der Waals surface area contributed by atoms with Crippen molar-refractivity contribution in [2.24, 2.45) is 27.2 Å². The van der Waals surface area contributed by atoms with Gasteiger partial charge in [-0.05, 0) is 12.1 Å². The largest absolute Gasteiger partial charge is 0.370 e. The van der Waals surface area contributed by atoms with Gasteiger partial charge in [-0.25, -0.2) is 9.38 Å². The Labute approximate surface area is 90.4 Å². The van der Waals surface area contributed by atoms with Gasteiger partial charge in [0, 0.05) is 0 Å². The fourth-order valence-corrected chi connectivity index (χ4v) is 1.03. The second-order valence-electron chi connectivity index (χ2n) is 2.58. The summed E-state index contributed by atoms with van der Waals surface area (Å²) in [6.45, 7) is 0. The van der Waals surface area contributed by atoms with Crippen molar-refractivity contribution in [2.75, 3.05) is 0 Å². The van der Waals surface area contributed by atoms with E-state index in [0.29, 0.717) is 0 Å². The lowest BCUT2D eigenvalue weighted by Gasteiger charge is -1.99. The molecule has 0 aliphatic heterocycles. The molecule has 0 heterocycles. The van der Waals surface area contributed by atoms with Crippen LogP contribution < -0.4 is 17.2 Å². The maximum atomic E-state index is 13.3. The topological polar surface area (TPSA) is 103 Å². The Kier molecular flexibility index (Phi) is 3.46. The normalized spacial score (nSPS) is 11.2. The number of hydrogen-bond donors (Lipinski definition) is 3. The lowest BCUT2D eigenvalue weighted by molar-refractivity contribution is 0.630. The van der Waals surface area contributed by atoms with Gasteiger partial charge in [0.2, 0.25) is 5.96 Å². The van der Waals surface area contributed by atoms with Crippen LogP contribution in [0.4, 0.5) is 10.1 Å². The second-order valence-corrected chi connectivity index (χ2v) is 2.99. The van der Waals surface area contributed by atoms with Crippen LogP contribution in [0.15, 0.2) is 28.2 Å². The summed E-state index contributed by atoms with van der Waals surface area (Å²) in [5.74, 6) is -1.16. The molecule has 0 unspecified atom stereocenters. The number of nitrogens with two attached hydrogens (primary N) is 3. The second kappa shape index (κ2) is 4.61. The molecule has 0 saturated heterocycles. The van der Waals surface area contributed by atoms with Gasteiger partial charge in [0.05, 0.1) is 5.02 Å². The third-order valence-electron chi connectivity index (χ3n) is 1.41. The van der Waals surface area contributed by atoms with Gasteiger partial charge in [-0.1, -0.05) is 17.7 Å². The number of rotatable bonds is 1. The van der Waals surface area contributed by atoms with Gasteiger partial charge in [0.15, 0.2) is 11.8 Å². The Hall–Kier alpha value is -1.82. The molecule has 0 aliphatic rings. The average molecular weight is 230 g/mol. The lowest BCUT2D eigenvalue weighted by Crippen LogP contribution is -2.26. The molecule has 0 radical (unpaired) electrons. The van der Waals surface area contributed by atoms with Crippen LogP contribution in [0.3, 0.4) is 0 Å². The molecular formula is C8H9ClFN5. The maximum absolute atomic E-state index is 13.3. The minimum atomic E-state index is -0.673. The van der Waals surface area contributed by atoms with E-state index in [1.807, 2.05) is 0 Å². The number of hydrogen-bond acceptors (Lipinski definition) is 1. The van der Waals surface area contributed by atoms with Gasteiger partial charge in [-0.2, -0.15) is 4.99 Å². The first kappa shape index (κ1) is 11.3. The van der Waals surface area contributed by atoms with Crippen LogP contribution in [0.5, 0.6) is 0 Å². The third kappa shape index (κ3) is 3.10. The van der Waals surface area contributed by atoms with Crippen LogP contribution in [-0.4, -0.2) is 11.9 Å². The summed E-state index contributed by atoms with van der Waals surface area (Å²) < 4.78 is 13.3. The summed E-state index contributed by atoms with van der Waals surface area (Å²) >= 11 is 5.53. The fourth-order valence-electron chi connectivity index (χ4n) is 0.859. The van der Waals surface area contributed by atoms with Gasteiger partial charge < -0.3 is 17.2 Å². The van der Waals surface area contributed by atoms with Crippen molar-refractivity contribution in [3.05, 3.63) is 29.0 Å². The number of halogens is 2. The molecule has 80 valence electrons. The molecular weight excluding hydrogens is 221 g/mol. The van der Waals surface area contributed by atoms with Gasteiger partial charge in [-0.3, -0.25) is 0 Å². The summed E-state index contributed by atoms with van der Waals surface area (Å²) in [6, 6.07) is 4.33. The summed E-state index contributed by atoms with van der Waals surface area (Å²) in [5.41, 5.74) is 15.4. The number of nitrogens with zero attached hydrogens (tertiary/aromatic N) is 2. The molecule has 5 nitrogen and oxygen atoms in total. The van der Waals surface area contributed by atoms with Gasteiger partial charge >= 0.3 is 0 Å². The van der Waals surface area contributed by atoms with Crippen molar-refractivity contribution >= 4 is 29.2 Å². The number of benzene rings is 1. The molecule has 0 amide bonds. The van der Waals surface area contributed by atoms with E-state index in [4.69, 9.17) is 28.8 Å². The summed E-state index contributed by atoms with van der Waals surface area (Å²) in [6.07, 6.45) is 0. The van der Waals surface area contributed by atoms with Crippen LogP contribution in [0.1, 0.15) is 0 Å². The highest BCUT2D eigenvalue weighted by Crippen LogP contribution is 2.24. The highest BCUT2D eigenvalue weighted by atomic mass is 35.5. The minimum absolute atomic E-state index is 0.0231. The highest BCUT2D eigenvalue weighted by molar-refractivity contribution is 6.31. The monoisotopic (exact) mass is 229 g/mol. The Morgan fingerprint density at radius 2 is 1.93 bits per heavy atom. The molecule has 0 spiro atoms. The minimum Gasteiger partial charge on any atom is -0.370 e. The van der Waals surface area contributed by atoms with E-state index < -0.39 is 5.82 Å². The fraction of sp³-hybridized carbons (Fsp3) is 0. The van der Waals surface area contributed by atoms with Crippen molar-refractivity contribution in [1.82, 2.24) is 0 Å². The smallest absolute Gasteiger partial charge is 0.223 e. The number of guanidine groups is 2. The average Bonchev–Trinajstić information content (AvgIpc) is 2.11. The predicted octanol–water partition coefficient (Wildman–Crippen LogP) is 0.699. The SMILES string of the molecule is NC(N)=NC(N)=Nc1cccc(Cl)c1F. The van der Waals surface area contributed by atoms with Crippen molar-refractivity contribution < 1.29 is 4.39 Å². The molecule has 0 bridgehead atoms. The first-order valence-electron chi connectivity index (χ1n) is 3.88. The quantitative estimate of drug-likeness (QED) is 0.488. The van der Waals surface area contributed by atoms with Crippen LogP contribution >= 0.6 is 11.6 Å². The molecule has 15 heavy (non-hydrogen) atoms. The van der Waals surface area contributed by atoms with Crippen LogP contribution in [0, 0.1) is 5.82 Å². The van der Waals surface area contributed by atoms with Crippen molar-refractivity contribution in [3.63, 3.8) is 0 Å². The Bertz CT molecular complexity index is 425. The highest BCUT2D eigenvalue weighted by Gasteiger charge is 2.05. The molecule has 1 aromatic rings. The first-order valence-corrected chi connectivity index (χ1v) is 4.26. The molecule has 1 aromatic carbocycles. The molecule has 0 aromatic heterocycles. The Balaban J connectivity index is 3.09. The zero-order valence-electron chi connectivity index (χ0n) is 7.61. The molecule has 1 rings (SSSR count).